The maximum absolute atomic E-state index is 2.48. The molecule has 1 fully saturated rings. The van der Waals surface area contributed by atoms with Gasteiger partial charge in [-0.05, 0) is 86.7 Å². The van der Waals surface area contributed by atoms with Crippen molar-refractivity contribution in [2.75, 3.05) is 80.5 Å². The van der Waals surface area contributed by atoms with Gasteiger partial charge in [0.05, 0.1) is 0 Å². The van der Waals surface area contributed by atoms with E-state index in [4.69, 9.17) is 0 Å². The molecule has 0 aliphatic carbocycles. The molecule has 1 rings (SSSR count). The molecule has 1 aliphatic rings. The number of hydrogen-bond donors (Lipinski definition) is 0. The zero-order chi connectivity index (χ0) is 14.1. The molecule has 0 saturated carbocycles. The lowest BCUT2D eigenvalue weighted by atomic mass is 10.3. The monoisotopic (exact) mass is 270 g/mol. The second-order valence-corrected chi connectivity index (χ2v) is 6.27. The molecule has 0 radical (unpaired) electrons. The summed E-state index contributed by atoms with van der Waals surface area (Å²) in [5.74, 6) is 0. The fourth-order valence-corrected chi connectivity index (χ4v) is 2.62. The zero-order valence-electron chi connectivity index (χ0n) is 13.6. The maximum Gasteiger partial charge on any atom is 0.0106 e. The minimum Gasteiger partial charge on any atom is -0.306 e. The summed E-state index contributed by atoms with van der Waals surface area (Å²) in [6, 6.07) is 0. The Morgan fingerprint density at radius 1 is 0.368 bits per heavy atom. The molecular weight excluding hydrogens is 236 g/mol. The third-order valence-corrected chi connectivity index (χ3v) is 4.10. The molecule has 0 spiro atoms. The van der Waals surface area contributed by atoms with Gasteiger partial charge >= 0.3 is 0 Å². The van der Waals surface area contributed by atoms with Crippen molar-refractivity contribution >= 4 is 0 Å². The topological polar surface area (TPSA) is 13.0 Å². The van der Waals surface area contributed by atoms with Gasteiger partial charge in [0.25, 0.3) is 0 Å². The molecule has 114 valence electrons. The molecule has 0 unspecified atom stereocenters. The van der Waals surface area contributed by atoms with Gasteiger partial charge < -0.3 is 19.6 Å². The van der Waals surface area contributed by atoms with Crippen LogP contribution in [0.5, 0.6) is 0 Å². The Labute approximate surface area is 120 Å². The first-order chi connectivity index (χ1) is 9.08. The number of likely N-dealkylation sites (N-methyl/N-ethyl adjacent to an activating group) is 2. The molecule has 1 aliphatic heterocycles. The Bertz CT molecular complexity index is 200. The first kappa shape index (κ1) is 16.9. The van der Waals surface area contributed by atoms with Gasteiger partial charge in [0.15, 0.2) is 0 Å². The second kappa shape index (κ2) is 9.70. The lowest BCUT2D eigenvalue weighted by Crippen LogP contribution is -2.33. The highest BCUT2D eigenvalue weighted by Crippen LogP contribution is 1.98. The summed E-state index contributed by atoms with van der Waals surface area (Å²) in [5.41, 5.74) is 0. The molecule has 1 saturated heterocycles. The highest BCUT2D eigenvalue weighted by atomic mass is 15.2. The fourth-order valence-electron chi connectivity index (χ4n) is 2.62. The summed E-state index contributed by atoms with van der Waals surface area (Å²) in [6.07, 6.45) is 3.86. The van der Waals surface area contributed by atoms with E-state index in [1.807, 2.05) is 0 Å². The first-order valence-corrected chi connectivity index (χ1v) is 7.82. The van der Waals surface area contributed by atoms with E-state index in [2.05, 4.69) is 47.8 Å². The lowest BCUT2D eigenvalue weighted by molar-refractivity contribution is 0.239. The Morgan fingerprint density at radius 3 is 0.842 bits per heavy atom. The van der Waals surface area contributed by atoms with E-state index in [-0.39, 0.29) is 0 Å². The van der Waals surface area contributed by atoms with Crippen LogP contribution in [-0.2, 0) is 0 Å². The molecule has 19 heavy (non-hydrogen) atoms. The summed E-state index contributed by atoms with van der Waals surface area (Å²) in [5, 5.41) is 0. The number of nitrogens with zero attached hydrogens (tertiary/aromatic N) is 4. The van der Waals surface area contributed by atoms with Crippen molar-refractivity contribution in [2.45, 2.75) is 19.3 Å². The van der Waals surface area contributed by atoms with Crippen LogP contribution >= 0.6 is 0 Å². The normalized spacial score (nSPS) is 25.9. The Balaban J connectivity index is 2.36. The summed E-state index contributed by atoms with van der Waals surface area (Å²) < 4.78 is 0. The standard InChI is InChI=1S/C15H34N4/c1-16-8-5-9-17(2)11-7-13-19(4)15-14-18(3)12-6-10-16/h5-15H2,1-4H3. The summed E-state index contributed by atoms with van der Waals surface area (Å²) >= 11 is 0. The molecule has 0 aromatic rings. The van der Waals surface area contributed by atoms with Gasteiger partial charge in [0.2, 0.25) is 0 Å². The fraction of sp³-hybridized carbons (Fsp3) is 1.00. The Hall–Kier alpha value is -0.160. The number of hydrogen-bond acceptors (Lipinski definition) is 4. The van der Waals surface area contributed by atoms with Gasteiger partial charge in [-0.15, -0.1) is 0 Å². The van der Waals surface area contributed by atoms with Gasteiger partial charge in [0.1, 0.15) is 0 Å². The molecule has 1 heterocycles. The minimum absolute atomic E-state index is 1.19. The van der Waals surface area contributed by atoms with Gasteiger partial charge in [-0.2, -0.15) is 0 Å². The van der Waals surface area contributed by atoms with E-state index in [0.717, 1.165) is 0 Å². The zero-order valence-corrected chi connectivity index (χ0v) is 13.6. The van der Waals surface area contributed by atoms with E-state index >= 15 is 0 Å². The SMILES string of the molecule is CN1CCCN(C)CCCN(C)CCN(C)CCC1. The van der Waals surface area contributed by atoms with Crippen molar-refractivity contribution in [3.05, 3.63) is 0 Å². The quantitative estimate of drug-likeness (QED) is 0.648. The predicted octanol–water partition coefficient (Wildman–Crippen LogP) is 0.898. The van der Waals surface area contributed by atoms with E-state index in [1.54, 1.807) is 0 Å². The van der Waals surface area contributed by atoms with Gasteiger partial charge in [0, 0.05) is 13.1 Å². The summed E-state index contributed by atoms with van der Waals surface area (Å²) in [6.45, 7) is 9.73. The van der Waals surface area contributed by atoms with Crippen LogP contribution in [0.4, 0.5) is 0 Å². The highest BCUT2D eigenvalue weighted by Gasteiger charge is 2.06. The van der Waals surface area contributed by atoms with Crippen molar-refractivity contribution in [1.82, 2.24) is 19.6 Å². The molecule has 0 N–H and O–H groups in total. The molecule has 0 aromatic heterocycles. The van der Waals surface area contributed by atoms with E-state index in [1.165, 1.54) is 71.6 Å². The predicted molar refractivity (Wildman–Crippen MR) is 83.8 cm³/mol. The van der Waals surface area contributed by atoms with E-state index in [0.29, 0.717) is 0 Å². The van der Waals surface area contributed by atoms with Crippen LogP contribution in [0.1, 0.15) is 19.3 Å². The van der Waals surface area contributed by atoms with Crippen LogP contribution in [0.2, 0.25) is 0 Å². The molecular formula is C15H34N4. The minimum atomic E-state index is 1.19. The number of rotatable bonds is 0. The van der Waals surface area contributed by atoms with Gasteiger partial charge in [-0.3, -0.25) is 0 Å². The average molecular weight is 270 g/mol. The second-order valence-electron chi connectivity index (χ2n) is 6.27. The maximum atomic E-state index is 2.48. The largest absolute Gasteiger partial charge is 0.306 e. The van der Waals surface area contributed by atoms with Crippen LogP contribution in [0.25, 0.3) is 0 Å². The molecule has 0 atom stereocenters. The van der Waals surface area contributed by atoms with Crippen molar-refractivity contribution in [3.63, 3.8) is 0 Å². The Morgan fingerprint density at radius 2 is 0.579 bits per heavy atom. The van der Waals surface area contributed by atoms with Crippen molar-refractivity contribution < 1.29 is 0 Å². The smallest absolute Gasteiger partial charge is 0.0106 e. The van der Waals surface area contributed by atoms with Crippen molar-refractivity contribution in [1.29, 1.82) is 0 Å². The molecule has 0 aromatic carbocycles. The molecule has 0 bridgehead atoms. The third-order valence-electron chi connectivity index (χ3n) is 4.10. The first-order valence-electron chi connectivity index (χ1n) is 7.82. The van der Waals surface area contributed by atoms with Crippen LogP contribution in [0.3, 0.4) is 0 Å². The molecule has 4 heteroatoms. The third kappa shape index (κ3) is 8.58. The van der Waals surface area contributed by atoms with Crippen LogP contribution < -0.4 is 0 Å². The Kier molecular flexibility index (Phi) is 8.62. The van der Waals surface area contributed by atoms with E-state index in [9.17, 15) is 0 Å². The van der Waals surface area contributed by atoms with Crippen molar-refractivity contribution in [3.8, 4) is 0 Å². The van der Waals surface area contributed by atoms with Crippen LogP contribution in [0, 0.1) is 0 Å². The van der Waals surface area contributed by atoms with Gasteiger partial charge in [-0.25, -0.2) is 0 Å². The van der Waals surface area contributed by atoms with Gasteiger partial charge in [-0.1, -0.05) is 0 Å². The lowest BCUT2D eigenvalue weighted by Gasteiger charge is -2.23. The average Bonchev–Trinajstić information content (AvgIpc) is 2.36. The van der Waals surface area contributed by atoms with E-state index < -0.39 is 0 Å². The molecule has 4 nitrogen and oxygen atoms in total. The summed E-state index contributed by atoms with van der Waals surface area (Å²) in [7, 11) is 9.01. The van der Waals surface area contributed by atoms with Crippen LogP contribution in [-0.4, -0.2) is 100 Å². The van der Waals surface area contributed by atoms with Crippen molar-refractivity contribution in [2.24, 2.45) is 0 Å². The highest BCUT2D eigenvalue weighted by molar-refractivity contribution is 4.63. The summed E-state index contributed by atoms with van der Waals surface area (Å²) in [4.78, 5) is 9.90. The van der Waals surface area contributed by atoms with Crippen LogP contribution in [0.15, 0.2) is 0 Å². The molecule has 0 amide bonds.